The molecule has 0 aliphatic carbocycles. The third-order valence-corrected chi connectivity index (χ3v) is 3.61. The number of oxime groups is 1. The summed E-state index contributed by atoms with van der Waals surface area (Å²) in [4.78, 5) is 43.4. The largest absolute Gasteiger partial charge is 0.480 e. The minimum atomic E-state index is -1.72. The number of amides is 1. The molecule has 0 radical (unpaired) electrons. The van der Waals surface area contributed by atoms with E-state index in [-0.39, 0.29) is 10.8 Å². The highest BCUT2D eigenvalue weighted by molar-refractivity contribution is 7.13. The molecule has 0 saturated heterocycles. The van der Waals surface area contributed by atoms with Crippen molar-refractivity contribution in [3.8, 4) is 0 Å². The second kappa shape index (κ2) is 7.90. The van der Waals surface area contributed by atoms with Gasteiger partial charge in [0.1, 0.15) is 11.7 Å². The molecule has 7 N–H and O–H groups in total. The molecule has 1 rings (SSSR count). The Labute approximate surface area is 146 Å². The van der Waals surface area contributed by atoms with Gasteiger partial charge in [0.15, 0.2) is 10.8 Å². The van der Waals surface area contributed by atoms with Crippen LogP contribution in [0.2, 0.25) is 0 Å². The fraction of sp³-hybridized carbons (Fsp3) is 0.462. The molecule has 138 valence electrons. The predicted molar refractivity (Wildman–Crippen MR) is 89.1 cm³/mol. The Morgan fingerprint density at radius 2 is 2.00 bits per heavy atom. The van der Waals surface area contributed by atoms with Crippen LogP contribution in [0.4, 0.5) is 5.13 Å². The van der Waals surface area contributed by atoms with E-state index in [1.54, 1.807) is 0 Å². The van der Waals surface area contributed by atoms with Gasteiger partial charge in [0, 0.05) is 11.4 Å². The van der Waals surface area contributed by atoms with Gasteiger partial charge < -0.3 is 31.8 Å². The zero-order chi connectivity index (χ0) is 19.4. The Bertz CT molecular complexity index is 699. The number of aromatic nitrogens is 1. The zero-order valence-electron chi connectivity index (χ0n) is 13.7. The smallest absolute Gasteiger partial charge is 0.350 e. The summed E-state index contributed by atoms with van der Waals surface area (Å²) < 4.78 is 0. The van der Waals surface area contributed by atoms with Gasteiger partial charge in [-0.1, -0.05) is 5.16 Å². The number of carboxylic acids is 2. The summed E-state index contributed by atoms with van der Waals surface area (Å²) in [7, 11) is 0. The van der Waals surface area contributed by atoms with Crippen LogP contribution in [0, 0.1) is 0 Å². The van der Waals surface area contributed by atoms with Crippen molar-refractivity contribution in [2.45, 2.75) is 38.5 Å². The molecule has 0 aliphatic heterocycles. The van der Waals surface area contributed by atoms with E-state index in [4.69, 9.17) is 26.5 Å². The number of anilines is 1. The Morgan fingerprint density at radius 1 is 1.40 bits per heavy atom. The van der Waals surface area contributed by atoms with E-state index >= 15 is 0 Å². The van der Waals surface area contributed by atoms with E-state index in [0.717, 1.165) is 11.3 Å². The lowest BCUT2D eigenvalue weighted by molar-refractivity contribution is -0.161. The van der Waals surface area contributed by atoms with Crippen LogP contribution < -0.4 is 16.8 Å². The third-order valence-electron chi connectivity index (χ3n) is 2.94. The summed E-state index contributed by atoms with van der Waals surface area (Å²) in [5.41, 5.74) is 8.92. The number of aliphatic carboxylic acids is 2. The summed E-state index contributed by atoms with van der Waals surface area (Å²) >= 11 is 1.01. The summed E-state index contributed by atoms with van der Waals surface area (Å²) in [6.07, 6.45) is 0. The SMILES string of the molecule is C[C@@H](N)[C@@H](NC(=O)/C(=N\OC(C)(C)C(=O)O)c1csc(N)n1)C(=O)O. The van der Waals surface area contributed by atoms with Gasteiger partial charge in [-0.3, -0.25) is 4.79 Å². The van der Waals surface area contributed by atoms with Gasteiger partial charge in [0.2, 0.25) is 5.60 Å². The molecule has 0 aromatic carbocycles. The summed E-state index contributed by atoms with van der Waals surface area (Å²) in [6, 6.07) is -2.28. The Morgan fingerprint density at radius 3 is 2.40 bits per heavy atom. The number of thiazole rings is 1. The van der Waals surface area contributed by atoms with Gasteiger partial charge in [0.05, 0.1) is 0 Å². The lowest BCUT2D eigenvalue weighted by atomic mass is 10.1. The highest BCUT2D eigenvalue weighted by Crippen LogP contribution is 2.15. The lowest BCUT2D eigenvalue weighted by Gasteiger charge is -2.19. The van der Waals surface area contributed by atoms with Gasteiger partial charge in [-0.2, -0.15) is 0 Å². The molecule has 0 fully saturated rings. The van der Waals surface area contributed by atoms with Gasteiger partial charge in [-0.05, 0) is 20.8 Å². The number of rotatable bonds is 8. The average molecular weight is 373 g/mol. The van der Waals surface area contributed by atoms with E-state index in [2.05, 4.69) is 15.5 Å². The number of carbonyl (C=O) groups excluding carboxylic acids is 1. The van der Waals surface area contributed by atoms with E-state index in [1.807, 2.05) is 0 Å². The highest BCUT2D eigenvalue weighted by Gasteiger charge is 2.32. The van der Waals surface area contributed by atoms with Gasteiger partial charge in [0.25, 0.3) is 5.91 Å². The van der Waals surface area contributed by atoms with Crippen LogP contribution >= 0.6 is 11.3 Å². The first-order chi connectivity index (χ1) is 11.5. The Balaban J connectivity index is 3.17. The standard InChI is InChI=1S/C13H19N5O6S/c1-5(14)7(10(20)21)17-9(19)8(6-4-25-12(15)16-6)18-24-13(2,3)11(22)23/h4-5,7H,14H2,1-3H3,(H2,15,16)(H,17,19)(H,20,21)(H,22,23)/b18-8-/t5-,7-/m1/s1. The number of nitrogens with zero attached hydrogens (tertiary/aromatic N) is 2. The molecule has 0 spiro atoms. The van der Waals surface area contributed by atoms with E-state index in [0.29, 0.717) is 0 Å². The maximum atomic E-state index is 12.4. The van der Waals surface area contributed by atoms with Crippen molar-refractivity contribution in [2.24, 2.45) is 10.9 Å². The fourth-order valence-corrected chi connectivity index (χ4v) is 1.98. The normalized spacial score (nSPS) is 14.5. The summed E-state index contributed by atoms with van der Waals surface area (Å²) in [5.74, 6) is -3.60. The van der Waals surface area contributed by atoms with Gasteiger partial charge >= 0.3 is 11.9 Å². The maximum Gasteiger partial charge on any atom is 0.350 e. The second-order valence-corrected chi connectivity index (χ2v) is 6.46. The molecule has 1 amide bonds. The van der Waals surface area contributed by atoms with Gasteiger partial charge in [-0.15, -0.1) is 11.3 Å². The number of carbonyl (C=O) groups is 3. The second-order valence-electron chi connectivity index (χ2n) is 5.57. The Hall–Kier alpha value is -2.73. The minimum Gasteiger partial charge on any atom is -0.480 e. The lowest BCUT2D eigenvalue weighted by Crippen LogP contribution is -2.53. The van der Waals surface area contributed by atoms with Crippen LogP contribution in [-0.2, 0) is 19.2 Å². The van der Waals surface area contributed by atoms with E-state index in [9.17, 15) is 14.4 Å². The topological polar surface area (TPSA) is 190 Å². The average Bonchev–Trinajstić information content (AvgIpc) is 2.90. The van der Waals surface area contributed by atoms with Crippen molar-refractivity contribution < 1.29 is 29.4 Å². The fourth-order valence-electron chi connectivity index (χ4n) is 1.43. The number of hydrogen-bond donors (Lipinski definition) is 5. The molecule has 25 heavy (non-hydrogen) atoms. The molecule has 0 unspecified atom stereocenters. The molecule has 1 aromatic heterocycles. The third kappa shape index (κ3) is 5.39. The first-order valence-electron chi connectivity index (χ1n) is 6.96. The van der Waals surface area contributed by atoms with Crippen molar-refractivity contribution in [2.75, 3.05) is 5.73 Å². The number of hydrogen-bond acceptors (Lipinski definition) is 9. The molecular formula is C13H19N5O6S. The molecule has 0 aliphatic rings. The number of nitrogens with two attached hydrogens (primary N) is 2. The van der Waals surface area contributed by atoms with Crippen LogP contribution in [0.1, 0.15) is 26.5 Å². The number of nitrogen functional groups attached to an aromatic ring is 1. The van der Waals surface area contributed by atoms with Crippen molar-refractivity contribution >= 4 is 40.0 Å². The van der Waals surface area contributed by atoms with Crippen LogP contribution in [0.5, 0.6) is 0 Å². The summed E-state index contributed by atoms with van der Waals surface area (Å²) in [5, 5.41) is 25.4. The van der Waals surface area contributed by atoms with E-state index < -0.39 is 41.2 Å². The molecule has 11 nitrogen and oxygen atoms in total. The number of nitrogens with one attached hydrogen (secondary N) is 1. The molecule has 0 saturated carbocycles. The summed E-state index contributed by atoms with van der Waals surface area (Å²) in [6.45, 7) is 3.86. The number of carboxylic acid groups (broad SMARTS) is 2. The first kappa shape index (κ1) is 20.3. The molecule has 1 aromatic rings. The van der Waals surface area contributed by atoms with Crippen LogP contribution in [-0.4, -0.2) is 56.4 Å². The minimum absolute atomic E-state index is 0.00926. The molecule has 2 atom stereocenters. The predicted octanol–water partition coefficient (Wildman–Crippen LogP) is -0.774. The molecule has 12 heteroatoms. The van der Waals surface area contributed by atoms with Crippen LogP contribution in [0.3, 0.4) is 0 Å². The monoisotopic (exact) mass is 373 g/mol. The highest BCUT2D eigenvalue weighted by atomic mass is 32.1. The quantitative estimate of drug-likeness (QED) is 0.287. The van der Waals surface area contributed by atoms with Crippen molar-refractivity contribution in [1.29, 1.82) is 0 Å². The van der Waals surface area contributed by atoms with Crippen LogP contribution in [0.25, 0.3) is 0 Å². The molecular weight excluding hydrogens is 354 g/mol. The van der Waals surface area contributed by atoms with Crippen molar-refractivity contribution in [1.82, 2.24) is 10.3 Å². The van der Waals surface area contributed by atoms with Crippen LogP contribution in [0.15, 0.2) is 10.5 Å². The maximum absolute atomic E-state index is 12.4. The van der Waals surface area contributed by atoms with Crippen molar-refractivity contribution in [3.63, 3.8) is 0 Å². The Kier molecular flexibility index (Phi) is 6.42. The van der Waals surface area contributed by atoms with E-state index in [1.165, 1.54) is 26.2 Å². The van der Waals surface area contributed by atoms with Crippen molar-refractivity contribution in [3.05, 3.63) is 11.1 Å². The zero-order valence-corrected chi connectivity index (χ0v) is 14.5. The first-order valence-corrected chi connectivity index (χ1v) is 7.84. The molecule has 1 heterocycles. The van der Waals surface area contributed by atoms with Gasteiger partial charge in [-0.25, -0.2) is 14.6 Å². The molecule has 0 bridgehead atoms.